The third kappa shape index (κ3) is 8.40. The number of unbranched alkanes of at least 4 members (excludes halogenated alkanes) is 5. The molecule has 0 saturated carbocycles. The largest absolute Gasteiger partial charge is 0.370 e. The van der Waals surface area contributed by atoms with Gasteiger partial charge in [-0.2, -0.15) is 0 Å². The molecule has 0 amide bonds. The number of nitrogens with zero attached hydrogens (tertiary/aromatic N) is 1. The zero-order chi connectivity index (χ0) is 15.6. The molecule has 6 heteroatoms. The summed E-state index contributed by atoms with van der Waals surface area (Å²) in [6.07, 6.45) is 8.59. The second kappa shape index (κ2) is 9.21. The van der Waals surface area contributed by atoms with E-state index in [4.69, 9.17) is 5.73 Å². The van der Waals surface area contributed by atoms with Crippen molar-refractivity contribution in [2.75, 3.05) is 19.3 Å². The van der Waals surface area contributed by atoms with Crippen LogP contribution in [0.2, 0.25) is 0 Å². The van der Waals surface area contributed by atoms with Gasteiger partial charge in [-0.05, 0) is 20.3 Å². The number of guanidine groups is 1. The van der Waals surface area contributed by atoms with E-state index in [1.54, 1.807) is 13.8 Å². The van der Waals surface area contributed by atoms with Crippen LogP contribution < -0.4 is 11.1 Å². The lowest BCUT2D eigenvalue weighted by atomic mass is 10.1. The Morgan fingerprint density at radius 1 is 1.15 bits per heavy atom. The number of rotatable bonds is 10. The van der Waals surface area contributed by atoms with Crippen molar-refractivity contribution in [2.45, 2.75) is 64.0 Å². The molecule has 0 bridgehead atoms. The molecule has 5 nitrogen and oxygen atoms in total. The van der Waals surface area contributed by atoms with Crippen molar-refractivity contribution < 1.29 is 8.42 Å². The molecule has 120 valence electrons. The summed E-state index contributed by atoms with van der Waals surface area (Å²) in [5.41, 5.74) is 5.73. The standard InChI is InChI=1S/C14H31N3O2S/c1-5-6-7-8-9-10-11-16-13(15)17-12-14(2,3)20(4,18)19/h5-12H2,1-4H3,(H3,15,16,17). The van der Waals surface area contributed by atoms with Crippen LogP contribution in [0, 0.1) is 0 Å². The fourth-order valence-corrected chi connectivity index (χ4v) is 1.87. The van der Waals surface area contributed by atoms with Gasteiger partial charge in [0.1, 0.15) is 0 Å². The van der Waals surface area contributed by atoms with E-state index < -0.39 is 14.6 Å². The zero-order valence-electron chi connectivity index (χ0n) is 13.4. The summed E-state index contributed by atoms with van der Waals surface area (Å²) in [7, 11) is -3.13. The van der Waals surface area contributed by atoms with E-state index >= 15 is 0 Å². The van der Waals surface area contributed by atoms with Crippen molar-refractivity contribution in [3.05, 3.63) is 0 Å². The molecule has 20 heavy (non-hydrogen) atoms. The number of hydrogen-bond acceptors (Lipinski definition) is 3. The van der Waals surface area contributed by atoms with Gasteiger partial charge in [-0.1, -0.05) is 39.0 Å². The molecule has 0 radical (unpaired) electrons. The maximum Gasteiger partial charge on any atom is 0.188 e. The normalized spacial score (nSPS) is 13.5. The molecule has 0 atom stereocenters. The minimum absolute atomic E-state index is 0.182. The Hall–Kier alpha value is -0.780. The minimum atomic E-state index is -3.13. The smallest absolute Gasteiger partial charge is 0.188 e. The molecular formula is C14H31N3O2S. The first kappa shape index (κ1) is 19.2. The molecule has 0 aliphatic heterocycles. The third-order valence-corrected chi connectivity index (χ3v) is 5.61. The number of nitrogens with one attached hydrogen (secondary N) is 1. The Kier molecular flexibility index (Phi) is 8.85. The molecule has 0 aromatic carbocycles. The van der Waals surface area contributed by atoms with Crippen LogP contribution in [0.25, 0.3) is 0 Å². The lowest BCUT2D eigenvalue weighted by molar-refractivity contribution is 0.554. The average Bonchev–Trinajstić information content (AvgIpc) is 2.34. The summed E-state index contributed by atoms with van der Waals surface area (Å²) >= 11 is 0. The van der Waals surface area contributed by atoms with E-state index in [0.717, 1.165) is 13.0 Å². The van der Waals surface area contributed by atoms with Crippen LogP contribution in [0.3, 0.4) is 0 Å². The van der Waals surface area contributed by atoms with Gasteiger partial charge in [-0.15, -0.1) is 0 Å². The van der Waals surface area contributed by atoms with E-state index in [2.05, 4.69) is 17.2 Å². The van der Waals surface area contributed by atoms with E-state index in [1.807, 2.05) is 0 Å². The Morgan fingerprint density at radius 2 is 1.70 bits per heavy atom. The van der Waals surface area contributed by atoms with E-state index in [1.165, 1.54) is 38.4 Å². The van der Waals surface area contributed by atoms with Gasteiger partial charge >= 0.3 is 0 Å². The van der Waals surface area contributed by atoms with E-state index in [9.17, 15) is 8.42 Å². The van der Waals surface area contributed by atoms with E-state index in [0.29, 0.717) is 5.96 Å². The molecule has 3 N–H and O–H groups in total. The van der Waals surface area contributed by atoms with Gasteiger partial charge in [-0.25, -0.2) is 8.42 Å². The molecule has 0 saturated heterocycles. The van der Waals surface area contributed by atoms with Gasteiger partial charge in [0.2, 0.25) is 0 Å². The first-order chi connectivity index (χ1) is 9.20. The Bertz CT molecular complexity index is 389. The maximum absolute atomic E-state index is 11.5. The van der Waals surface area contributed by atoms with E-state index in [-0.39, 0.29) is 6.54 Å². The van der Waals surface area contributed by atoms with Gasteiger partial charge in [0.15, 0.2) is 15.8 Å². The van der Waals surface area contributed by atoms with Crippen LogP contribution in [-0.2, 0) is 9.84 Å². The van der Waals surface area contributed by atoms with Crippen molar-refractivity contribution in [3.63, 3.8) is 0 Å². The predicted molar refractivity (Wildman–Crippen MR) is 86.8 cm³/mol. The summed E-state index contributed by atoms with van der Waals surface area (Å²) in [5.74, 6) is 0.329. The van der Waals surface area contributed by atoms with Crippen LogP contribution >= 0.6 is 0 Å². The second-order valence-corrected chi connectivity index (χ2v) is 8.58. The topological polar surface area (TPSA) is 84.5 Å². The van der Waals surface area contributed by atoms with Crippen LogP contribution in [0.15, 0.2) is 4.99 Å². The predicted octanol–water partition coefficient (Wildman–Crippen LogP) is 2.07. The van der Waals surface area contributed by atoms with Crippen LogP contribution in [-0.4, -0.2) is 38.5 Å². The molecule has 0 aliphatic carbocycles. The van der Waals surface area contributed by atoms with Crippen molar-refractivity contribution in [2.24, 2.45) is 10.7 Å². The molecule has 0 aliphatic rings. The molecule has 0 spiro atoms. The summed E-state index contributed by atoms with van der Waals surface area (Å²) < 4.78 is 22.2. The average molecular weight is 305 g/mol. The van der Waals surface area contributed by atoms with Gasteiger partial charge < -0.3 is 11.1 Å². The number of hydrogen-bond donors (Lipinski definition) is 2. The Morgan fingerprint density at radius 3 is 2.25 bits per heavy atom. The van der Waals surface area contributed by atoms with Crippen LogP contribution in [0.4, 0.5) is 0 Å². The summed E-state index contributed by atoms with van der Waals surface area (Å²) in [6.45, 7) is 6.50. The van der Waals surface area contributed by atoms with Gasteiger partial charge in [0.05, 0.1) is 11.3 Å². The molecule has 0 rings (SSSR count). The third-order valence-electron chi connectivity index (χ3n) is 3.47. The van der Waals surface area contributed by atoms with Crippen LogP contribution in [0.5, 0.6) is 0 Å². The number of nitrogens with two attached hydrogens (primary N) is 1. The molecule has 0 aromatic heterocycles. The van der Waals surface area contributed by atoms with Gasteiger partial charge in [-0.3, -0.25) is 4.99 Å². The highest BCUT2D eigenvalue weighted by Crippen LogP contribution is 2.14. The highest BCUT2D eigenvalue weighted by atomic mass is 32.2. The second-order valence-electron chi connectivity index (χ2n) is 5.93. The van der Waals surface area contributed by atoms with Crippen molar-refractivity contribution >= 4 is 15.8 Å². The molecular weight excluding hydrogens is 274 g/mol. The first-order valence-corrected chi connectivity index (χ1v) is 9.33. The summed E-state index contributed by atoms with van der Waals surface area (Å²) in [5, 5.41) is 3.03. The van der Waals surface area contributed by atoms with Crippen molar-refractivity contribution in [1.29, 1.82) is 0 Å². The fraction of sp³-hybridized carbons (Fsp3) is 0.929. The first-order valence-electron chi connectivity index (χ1n) is 7.44. The lowest BCUT2D eigenvalue weighted by Crippen LogP contribution is -2.38. The Labute approximate surface area is 124 Å². The van der Waals surface area contributed by atoms with Gasteiger partial charge in [0, 0.05) is 12.8 Å². The minimum Gasteiger partial charge on any atom is -0.370 e. The van der Waals surface area contributed by atoms with Crippen molar-refractivity contribution in [3.8, 4) is 0 Å². The highest BCUT2D eigenvalue weighted by Gasteiger charge is 2.29. The number of aliphatic imine (C=N–C) groups is 1. The molecule has 0 aromatic rings. The lowest BCUT2D eigenvalue weighted by Gasteiger charge is -2.20. The monoisotopic (exact) mass is 305 g/mol. The SMILES string of the molecule is CCCCCCCCNC(N)=NCC(C)(C)S(C)(=O)=O. The Balaban J connectivity index is 3.87. The quantitative estimate of drug-likeness (QED) is 0.367. The molecule has 0 heterocycles. The van der Waals surface area contributed by atoms with Gasteiger partial charge in [0.25, 0.3) is 0 Å². The highest BCUT2D eigenvalue weighted by molar-refractivity contribution is 7.92. The number of sulfone groups is 1. The molecule has 0 fully saturated rings. The summed E-state index contributed by atoms with van der Waals surface area (Å²) in [6, 6.07) is 0. The maximum atomic E-state index is 11.5. The fourth-order valence-electron chi connectivity index (χ4n) is 1.57. The van der Waals surface area contributed by atoms with Crippen LogP contribution in [0.1, 0.15) is 59.3 Å². The molecule has 0 unspecified atom stereocenters. The zero-order valence-corrected chi connectivity index (χ0v) is 14.2. The van der Waals surface area contributed by atoms with Crippen molar-refractivity contribution in [1.82, 2.24) is 5.32 Å². The summed E-state index contributed by atoms with van der Waals surface area (Å²) in [4.78, 5) is 4.11.